The van der Waals surface area contributed by atoms with E-state index in [1.807, 2.05) is 6.07 Å². The van der Waals surface area contributed by atoms with Gasteiger partial charge in [0.05, 0.1) is 12.7 Å². The summed E-state index contributed by atoms with van der Waals surface area (Å²) in [5.74, 6) is -1.67. The number of methoxy groups -OCH3 is 1. The normalized spacial score (nSPS) is 10.9. The second kappa shape index (κ2) is 9.00. The summed E-state index contributed by atoms with van der Waals surface area (Å²) < 4.78 is 4.68. The van der Waals surface area contributed by atoms with Crippen molar-refractivity contribution in [2.24, 2.45) is 10.2 Å². The third kappa shape index (κ3) is 4.12. The van der Waals surface area contributed by atoms with Gasteiger partial charge in [-0.3, -0.25) is 4.79 Å². The van der Waals surface area contributed by atoms with Crippen molar-refractivity contribution < 1.29 is 19.4 Å². The van der Waals surface area contributed by atoms with Gasteiger partial charge in [-0.2, -0.15) is 0 Å². The van der Waals surface area contributed by atoms with Crippen LogP contribution in [0.3, 0.4) is 0 Å². The van der Waals surface area contributed by atoms with Crippen molar-refractivity contribution in [3.05, 3.63) is 84.3 Å². The maximum Gasteiger partial charge on any atom is 0.360 e. The van der Waals surface area contributed by atoms with E-state index in [0.717, 1.165) is 0 Å². The van der Waals surface area contributed by atoms with E-state index < -0.39 is 11.9 Å². The van der Waals surface area contributed by atoms with Gasteiger partial charge in [0.2, 0.25) is 5.82 Å². The smallest absolute Gasteiger partial charge is 0.360 e. The number of para-hydroxylation sites is 1. The lowest BCUT2D eigenvalue weighted by Gasteiger charge is -2.11. The summed E-state index contributed by atoms with van der Waals surface area (Å²) in [6.07, 6.45) is 2.68. The molecule has 0 radical (unpaired) electrons. The van der Waals surface area contributed by atoms with Crippen LogP contribution in [0.15, 0.2) is 83.3 Å². The van der Waals surface area contributed by atoms with Gasteiger partial charge in [-0.15, -0.1) is 10.2 Å². The van der Waals surface area contributed by atoms with E-state index in [2.05, 4.69) is 30.3 Å². The molecule has 9 heteroatoms. The summed E-state index contributed by atoms with van der Waals surface area (Å²) in [5, 5.41) is 23.0. The monoisotopic (exact) mass is 427 g/mol. The number of hydrogen-bond acceptors (Lipinski definition) is 8. The van der Waals surface area contributed by atoms with E-state index in [9.17, 15) is 14.7 Å². The number of anilines is 1. The lowest BCUT2D eigenvalue weighted by molar-refractivity contribution is 0.0594. The van der Waals surface area contributed by atoms with Crippen molar-refractivity contribution in [2.45, 2.75) is 0 Å². The Kier molecular flexibility index (Phi) is 5.80. The fourth-order valence-electron chi connectivity index (χ4n) is 3.05. The second-order valence-corrected chi connectivity index (χ2v) is 6.58. The van der Waals surface area contributed by atoms with Crippen molar-refractivity contribution in [1.29, 1.82) is 0 Å². The zero-order valence-electron chi connectivity index (χ0n) is 16.9. The molecule has 0 aliphatic rings. The number of azo groups is 1. The topological polar surface area (TPSA) is 126 Å². The quantitative estimate of drug-likeness (QED) is 0.348. The molecule has 0 spiro atoms. The second-order valence-electron chi connectivity index (χ2n) is 6.58. The summed E-state index contributed by atoms with van der Waals surface area (Å²) in [7, 11) is 1.21. The van der Waals surface area contributed by atoms with E-state index in [-0.39, 0.29) is 28.5 Å². The summed E-state index contributed by atoms with van der Waals surface area (Å²) >= 11 is 0. The van der Waals surface area contributed by atoms with Crippen LogP contribution < -0.4 is 5.32 Å². The highest BCUT2D eigenvalue weighted by Crippen LogP contribution is 2.39. The van der Waals surface area contributed by atoms with E-state index in [4.69, 9.17) is 0 Å². The maximum absolute atomic E-state index is 12.9. The van der Waals surface area contributed by atoms with Gasteiger partial charge >= 0.3 is 5.97 Å². The molecule has 1 aromatic heterocycles. The molecule has 1 heterocycles. The predicted molar refractivity (Wildman–Crippen MR) is 118 cm³/mol. The number of fused-ring (bicyclic) bond motifs is 1. The standard InChI is InChI=1S/C23H17N5O4/c1-32-23(31)19-21(25-12-11-24-19)28-27-18-16-10-6-5-7-14(16)13-17(20(18)29)22(30)26-15-8-3-2-4-9-15/h2-13,29H,1H3,(H,26,30). The number of carbonyl (C=O) groups is 2. The molecule has 9 nitrogen and oxygen atoms in total. The van der Waals surface area contributed by atoms with Crippen molar-refractivity contribution in [1.82, 2.24) is 9.97 Å². The van der Waals surface area contributed by atoms with Gasteiger partial charge in [-0.1, -0.05) is 42.5 Å². The van der Waals surface area contributed by atoms with Crippen molar-refractivity contribution in [2.75, 3.05) is 12.4 Å². The maximum atomic E-state index is 12.9. The molecule has 3 aromatic carbocycles. The summed E-state index contributed by atoms with van der Waals surface area (Å²) in [5.41, 5.74) is 0.535. The van der Waals surface area contributed by atoms with Crippen LogP contribution in [-0.2, 0) is 4.74 Å². The van der Waals surface area contributed by atoms with Gasteiger partial charge < -0.3 is 15.2 Å². The zero-order chi connectivity index (χ0) is 22.5. The number of phenols is 1. The van der Waals surface area contributed by atoms with Gasteiger partial charge in [0.25, 0.3) is 5.91 Å². The Morgan fingerprint density at radius 3 is 2.47 bits per heavy atom. The first-order valence-electron chi connectivity index (χ1n) is 9.50. The van der Waals surface area contributed by atoms with Gasteiger partial charge in [-0.25, -0.2) is 14.8 Å². The average Bonchev–Trinajstić information content (AvgIpc) is 2.83. The number of nitrogens with one attached hydrogen (secondary N) is 1. The fraction of sp³-hybridized carbons (Fsp3) is 0.0435. The molecule has 0 bridgehead atoms. The minimum atomic E-state index is -0.725. The molecular formula is C23H17N5O4. The van der Waals surface area contributed by atoms with Crippen LogP contribution in [0.1, 0.15) is 20.8 Å². The number of esters is 1. The fourth-order valence-corrected chi connectivity index (χ4v) is 3.05. The highest BCUT2D eigenvalue weighted by molar-refractivity contribution is 6.11. The number of aromatic hydroxyl groups is 1. The molecule has 1 amide bonds. The number of hydrogen-bond donors (Lipinski definition) is 2. The number of ether oxygens (including phenoxy) is 1. The van der Waals surface area contributed by atoms with Crippen LogP contribution in [0.2, 0.25) is 0 Å². The Morgan fingerprint density at radius 2 is 1.69 bits per heavy atom. The summed E-state index contributed by atoms with van der Waals surface area (Å²) in [6, 6.07) is 17.5. The zero-order valence-corrected chi connectivity index (χ0v) is 16.9. The Labute approximate surface area is 182 Å². The van der Waals surface area contributed by atoms with Crippen LogP contribution in [0.25, 0.3) is 10.8 Å². The molecule has 4 rings (SSSR count). The van der Waals surface area contributed by atoms with E-state index in [0.29, 0.717) is 16.5 Å². The first-order chi connectivity index (χ1) is 15.6. The minimum absolute atomic E-state index is 0.0221. The van der Waals surface area contributed by atoms with Gasteiger partial charge in [0.1, 0.15) is 5.69 Å². The van der Waals surface area contributed by atoms with Gasteiger partial charge in [-0.05, 0) is 23.6 Å². The first-order valence-corrected chi connectivity index (χ1v) is 9.50. The number of amides is 1. The lowest BCUT2D eigenvalue weighted by Crippen LogP contribution is -2.12. The number of carbonyl (C=O) groups excluding carboxylic acids is 2. The first kappa shape index (κ1) is 20.6. The molecule has 0 saturated heterocycles. The Bertz CT molecular complexity index is 1340. The van der Waals surface area contributed by atoms with Crippen LogP contribution in [-0.4, -0.2) is 34.1 Å². The highest BCUT2D eigenvalue weighted by Gasteiger charge is 2.19. The number of benzene rings is 3. The van der Waals surface area contributed by atoms with Gasteiger partial charge in [0, 0.05) is 23.5 Å². The third-order valence-electron chi connectivity index (χ3n) is 4.57. The van der Waals surface area contributed by atoms with Crippen molar-refractivity contribution >= 4 is 39.8 Å². The van der Waals surface area contributed by atoms with Crippen LogP contribution in [0.4, 0.5) is 17.2 Å². The van der Waals surface area contributed by atoms with Crippen molar-refractivity contribution in [3.8, 4) is 5.75 Å². The number of phenolic OH excluding ortho intramolecular Hbond substituents is 1. The molecule has 158 valence electrons. The third-order valence-corrected chi connectivity index (χ3v) is 4.57. The van der Waals surface area contributed by atoms with Crippen molar-refractivity contribution in [3.63, 3.8) is 0 Å². The molecule has 32 heavy (non-hydrogen) atoms. The van der Waals surface area contributed by atoms with E-state index >= 15 is 0 Å². The minimum Gasteiger partial charge on any atom is -0.505 e. The molecule has 4 aromatic rings. The number of rotatable bonds is 5. The molecule has 2 N–H and O–H groups in total. The number of aromatic nitrogens is 2. The van der Waals surface area contributed by atoms with Gasteiger partial charge in [0.15, 0.2) is 11.4 Å². The Hall–Kier alpha value is -4.66. The largest absolute Gasteiger partial charge is 0.505 e. The molecule has 0 fully saturated rings. The summed E-state index contributed by atoms with van der Waals surface area (Å²) in [4.78, 5) is 32.7. The summed E-state index contributed by atoms with van der Waals surface area (Å²) in [6.45, 7) is 0. The van der Waals surface area contributed by atoms with E-state index in [1.165, 1.54) is 19.5 Å². The lowest BCUT2D eigenvalue weighted by atomic mass is 10.0. The van der Waals surface area contributed by atoms with Crippen LogP contribution >= 0.6 is 0 Å². The number of nitrogens with zero attached hydrogens (tertiary/aromatic N) is 4. The average molecular weight is 427 g/mol. The molecule has 0 saturated carbocycles. The Balaban J connectivity index is 1.80. The van der Waals surface area contributed by atoms with Crippen LogP contribution in [0, 0.1) is 0 Å². The molecule has 0 unspecified atom stereocenters. The predicted octanol–water partition coefficient (Wildman–Crippen LogP) is 4.79. The molecular weight excluding hydrogens is 410 g/mol. The highest BCUT2D eigenvalue weighted by atomic mass is 16.5. The van der Waals surface area contributed by atoms with Crippen LogP contribution in [0.5, 0.6) is 5.75 Å². The Morgan fingerprint density at radius 1 is 0.969 bits per heavy atom. The van der Waals surface area contributed by atoms with E-state index in [1.54, 1.807) is 54.6 Å². The SMILES string of the molecule is COC(=O)c1nccnc1N=Nc1c(O)c(C(=O)Nc2ccccc2)cc2ccccc12. The molecule has 0 atom stereocenters. The molecule has 0 aliphatic heterocycles. The molecule has 0 aliphatic carbocycles.